The van der Waals surface area contributed by atoms with Crippen LogP contribution >= 0.6 is 0 Å². The van der Waals surface area contributed by atoms with Crippen molar-refractivity contribution in [1.82, 2.24) is 0 Å². The lowest BCUT2D eigenvalue weighted by molar-refractivity contribution is -0.116. The first-order valence-corrected chi connectivity index (χ1v) is 14.1. The van der Waals surface area contributed by atoms with Crippen LogP contribution < -0.4 is 0 Å². The zero-order valence-corrected chi connectivity index (χ0v) is 24.9. The van der Waals surface area contributed by atoms with Crippen molar-refractivity contribution < 1.29 is 14.2 Å². The number of ether oxygens (including phenoxy) is 3. The summed E-state index contributed by atoms with van der Waals surface area (Å²) < 4.78 is 17.3. The van der Waals surface area contributed by atoms with Crippen LogP contribution in [0.25, 0.3) is 0 Å². The molecule has 3 nitrogen and oxygen atoms in total. The fourth-order valence-corrected chi connectivity index (χ4v) is 5.76. The van der Waals surface area contributed by atoms with Gasteiger partial charge in [-0.05, 0) is 94.8 Å². The van der Waals surface area contributed by atoms with Crippen molar-refractivity contribution in [2.45, 2.75) is 155 Å². The van der Waals surface area contributed by atoms with E-state index in [0.29, 0.717) is 72.1 Å². The largest absolute Gasteiger partial charge is 0.375 e. The summed E-state index contributed by atoms with van der Waals surface area (Å²) in [6.07, 6.45) is 2.65. The topological polar surface area (TPSA) is 27.7 Å². The van der Waals surface area contributed by atoms with Crippen molar-refractivity contribution in [3.63, 3.8) is 0 Å². The second-order valence-corrected chi connectivity index (χ2v) is 12.4. The molecule has 0 aromatic rings. The summed E-state index contributed by atoms with van der Waals surface area (Å²) in [6, 6.07) is 0. The maximum Gasteiger partial charge on any atom is 0.0578 e. The van der Waals surface area contributed by atoms with Crippen LogP contribution in [-0.4, -0.2) is 36.6 Å². The van der Waals surface area contributed by atoms with Gasteiger partial charge in [-0.2, -0.15) is 0 Å². The molecule has 3 rings (SSSR count). The Morgan fingerprint density at radius 3 is 0.457 bits per heavy atom. The third-order valence-electron chi connectivity index (χ3n) is 10.7. The van der Waals surface area contributed by atoms with Gasteiger partial charge in [0.1, 0.15) is 0 Å². The van der Waals surface area contributed by atoms with Crippen LogP contribution in [0.4, 0.5) is 0 Å². The van der Waals surface area contributed by atoms with Crippen molar-refractivity contribution in [2.24, 2.45) is 53.3 Å². The Bertz CT molecular complexity index is 433. The zero-order valence-electron chi connectivity index (χ0n) is 24.9. The Balaban J connectivity index is 0. The van der Waals surface area contributed by atoms with E-state index < -0.39 is 0 Å². The first-order valence-electron chi connectivity index (χ1n) is 14.1. The highest BCUT2D eigenvalue weighted by Crippen LogP contribution is 2.36. The maximum atomic E-state index is 5.78. The molecule has 3 aliphatic heterocycles. The van der Waals surface area contributed by atoms with Gasteiger partial charge in [-0.1, -0.05) is 77.2 Å². The molecular weight excluding hydrogens is 432 g/mol. The van der Waals surface area contributed by atoms with Gasteiger partial charge in [-0.15, -0.1) is 0 Å². The van der Waals surface area contributed by atoms with Crippen molar-refractivity contribution >= 4 is 0 Å². The monoisotopic (exact) mass is 501 g/mol. The normalized spacial score (nSPS) is 49.6. The Hall–Kier alpha value is -0.120. The van der Waals surface area contributed by atoms with Crippen LogP contribution in [0.3, 0.4) is 0 Å². The van der Waals surface area contributed by atoms with E-state index in [9.17, 15) is 0 Å². The Morgan fingerprint density at radius 1 is 0.229 bits per heavy atom. The van der Waals surface area contributed by atoms with Crippen LogP contribution in [0, 0.1) is 53.3 Å². The molecule has 0 spiro atoms. The highest BCUT2D eigenvalue weighted by molar-refractivity contribution is 4.83. The first-order chi connectivity index (χ1) is 15.1. The summed E-state index contributed by atoms with van der Waals surface area (Å²) in [6.45, 7) is 33.9. The average Bonchev–Trinajstić information content (AvgIpc) is 2.77. The lowest BCUT2D eigenvalue weighted by Gasteiger charge is -2.41. The molecular formula is C32H68O3. The summed E-state index contributed by atoms with van der Waals surface area (Å²) in [5.74, 6) is 6.66. The van der Waals surface area contributed by atoms with Gasteiger partial charge in [0.05, 0.1) is 36.6 Å². The maximum absolute atomic E-state index is 5.78. The first kappa shape index (κ1) is 37.0. The fourth-order valence-electron chi connectivity index (χ4n) is 5.76. The van der Waals surface area contributed by atoms with E-state index >= 15 is 0 Å². The number of rotatable bonds is 0. The third-order valence-corrected chi connectivity index (χ3v) is 10.7. The molecule has 0 N–H and O–H groups in total. The smallest absolute Gasteiger partial charge is 0.0578 e. The van der Waals surface area contributed by atoms with Crippen LogP contribution in [0.5, 0.6) is 0 Å². The van der Waals surface area contributed by atoms with E-state index in [-0.39, 0.29) is 14.9 Å². The molecule has 0 aromatic heterocycles. The molecule has 0 saturated carbocycles. The molecule has 0 amide bonds. The van der Waals surface area contributed by atoms with Crippen LogP contribution in [0.2, 0.25) is 0 Å². The highest BCUT2D eigenvalue weighted by atomic mass is 16.5. The minimum Gasteiger partial charge on any atom is -0.375 e. The average molecular weight is 501 g/mol. The van der Waals surface area contributed by atoms with Gasteiger partial charge >= 0.3 is 0 Å². The van der Waals surface area contributed by atoms with Gasteiger partial charge in [0, 0.05) is 0 Å². The van der Waals surface area contributed by atoms with E-state index in [1.165, 1.54) is 0 Å². The van der Waals surface area contributed by atoms with E-state index in [1.54, 1.807) is 0 Å². The Kier molecular flexibility index (Phi) is 16.9. The van der Waals surface area contributed by atoms with Gasteiger partial charge in [-0.25, -0.2) is 0 Å². The second-order valence-electron chi connectivity index (χ2n) is 12.4. The molecule has 3 heteroatoms. The van der Waals surface area contributed by atoms with Crippen molar-refractivity contribution in [3.8, 4) is 0 Å². The van der Waals surface area contributed by atoms with E-state index in [4.69, 9.17) is 14.2 Å². The molecule has 0 aromatic carbocycles. The summed E-state index contributed by atoms with van der Waals surface area (Å²) >= 11 is 0. The van der Waals surface area contributed by atoms with Gasteiger partial charge in [-0.3, -0.25) is 0 Å². The molecule has 214 valence electrons. The van der Waals surface area contributed by atoms with Crippen LogP contribution in [-0.2, 0) is 14.2 Å². The molecule has 3 aliphatic rings. The zero-order chi connectivity index (χ0) is 25.8. The molecule has 0 aliphatic carbocycles. The van der Waals surface area contributed by atoms with Gasteiger partial charge < -0.3 is 14.2 Å². The summed E-state index contributed by atoms with van der Waals surface area (Å²) in [5, 5.41) is 0. The lowest BCUT2D eigenvalue weighted by Crippen LogP contribution is -2.41. The highest BCUT2D eigenvalue weighted by Gasteiger charge is 2.36. The molecule has 9 unspecified atom stereocenters. The minimum absolute atomic E-state index is 0. The standard InChI is InChI=1S/3C10H20O.2CH4/c3*1-6-7(2)9(4)11-10(5)8(6)3;;/h3*6-10H,1-5H3;2*1H4/t2*6?,7-,8?,9?,10+;6?,7-,8?,9?,10-;;/m100../s1. The second kappa shape index (κ2) is 16.0. The molecule has 3 heterocycles. The fraction of sp³-hybridized carbons (Fsp3) is 1.00. The molecule has 0 bridgehead atoms. The van der Waals surface area contributed by atoms with E-state index in [2.05, 4.69) is 104 Å². The minimum atomic E-state index is 0. The Morgan fingerprint density at radius 2 is 0.343 bits per heavy atom. The molecule has 35 heavy (non-hydrogen) atoms. The SMILES string of the molecule is C.C.CC1O[C@@H](C)C(C)C(C)[C@@H]1C.CC1O[C@@H](C)C(C)C(C)[C@H]1C.CC1O[C@H](C)C(C)C(C)[C@@H]1C. The summed E-state index contributed by atoms with van der Waals surface area (Å²) in [5.41, 5.74) is 0. The van der Waals surface area contributed by atoms with Gasteiger partial charge in [0.15, 0.2) is 0 Å². The van der Waals surface area contributed by atoms with Gasteiger partial charge in [0.25, 0.3) is 0 Å². The predicted molar refractivity (Wildman–Crippen MR) is 156 cm³/mol. The summed E-state index contributed by atoms with van der Waals surface area (Å²) in [7, 11) is 0. The van der Waals surface area contributed by atoms with Crippen molar-refractivity contribution in [2.75, 3.05) is 0 Å². The number of hydrogen-bond donors (Lipinski definition) is 0. The molecule has 0 radical (unpaired) electrons. The van der Waals surface area contributed by atoms with Crippen molar-refractivity contribution in [3.05, 3.63) is 0 Å². The molecule has 15 atom stereocenters. The molecule has 3 fully saturated rings. The van der Waals surface area contributed by atoms with Crippen molar-refractivity contribution in [1.29, 1.82) is 0 Å². The van der Waals surface area contributed by atoms with Crippen LogP contribution in [0.1, 0.15) is 119 Å². The van der Waals surface area contributed by atoms with Crippen LogP contribution in [0.15, 0.2) is 0 Å². The quantitative estimate of drug-likeness (QED) is 0.331. The van der Waals surface area contributed by atoms with E-state index in [1.807, 2.05) is 0 Å². The number of hydrogen-bond acceptors (Lipinski definition) is 3. The predicted octanol–water partition coefficient (Wildman–Crippen LogP) is 9.38. The van der Waals surface area contributed by atoms with E-state index in [0.717, 1.165) is 17.8 Å². The van der Waals surface area contributed by atoms with Gasteiger partial charge in [0.2, 0.25) is 0 Å². The summed E-state index contributed by atoms with van der Waals surface area (Å²) in [4.78, 5) is 0. The third kappa shape index (κ3) is 9.60. The Labute approximate surface area is 222 Å². The lowest BCUT2D eigenvalue weighted by atomic mass is 9.77. The molecule has 3 saturated heterocycles.